The number of nitrogens with zero attached hydrogens (tertiary/aromatic N) is 3. The van der Waals surface area contributed by atoms with Crippen LogP contribution in [-0.2, 0) is 9.84 Å². The zero-order chi connectivity index (χ0) is 21.3. The number of nitrogens with two attached hydrogens (primary N) is 1. The quantitative estimate of drug-likeness (QED) is 0.486. The van der Waals surface area contributed by atoms with Gasteiger partial charge in [0.15, 0.2) is 15.6 Å². The fraction of sp³-hybridized carbons (Fsp3) is 0.136. The Morgan fingerprint density at radius 3 is 2.27 bits per heavy atom. The first kappa shape index (κ1) is 19.8. The minimum atomic E-state index is -3.33. The number of hydrogen-bond donors (Lipinski definition) is 1. The van der Waals surface area contributed by atoms with Crippen molar-refractivity contribution < 1.29 is 12.9 Å². The topological polar surface area (TPSA) is 112 Å². The van der Waals surface area contributed by atoms with Crippen LogP contribution in [0.15, 0.2) is 70.2 Å². The molecular formula is C22H19N4O3S. The number of sulfone groups is 1. The smallest absolute Gasteiger partial charge is 0.188 e. The highest BCUT2D eigenvalue weighted by molar-refractivity contribution is 7.92. The number of hydrogen-bond acceptors (Lipinski definition) is 7. The average molecular weight is 419 g/mol. The molecule has 2 aromatic heterocycles. The van der Waals surface area contributed by atoms with E-state index in [2.05, 4.69) is 21.3 Å². The molecule has 8 heteroatoms. The molecule has 0 spiro atoms. The van der Waals surface area contributed by atoms with Crippen LogP contribution < -0.4 is 5.73 Å². The molecule has 30 heavy (non-hydrogen) atoms. The Morgan fingerprint density at radius 1 is 0.967 bits per heavy atom. The standard InChI is InChI=1S/C22H19N4O3S/c1-14(2)30(27,28)18-9-5-16(6-10-18)20-12-24-13-21(25-20)22-11-19(26-29-22)15-3-7-17(23)8-4-15/h3-12,14H,23H2,1-2H3. The van der Waals surface area contributed by atoms with E-state index in [0.29, 0.717) is 28.5 Å². The van der Waals surface area contributed by atoms with Crippen molar-refractivity contribution in [2.45, 2.75) is 24.0 Å². The maximum Gasteiger partial charge on any atom is 0.188 e. The van der Waals surface area contributed by atoms with E-state index >= 15 is 0 Å². The van der Waals surface area contributed by atoms with E-state index in [-0.39, 0.29) is 4.90 Å². The molecule has 4 rings (SSSR count). The van der Waals surface area contributed by atoms with E-state index in [4.69, 9.17) is 10.3 Å². The number of benzene rings is 2. The second-order valence-electron chi connectivity index (χ2n) is 7.03. The molecule has 0 amide bonds. The van der Waals surface area contributed by atoms with Gasteiger partial charge in [0.25, 0.3) is 0 Å². The van der Waals surface area contributed by atoms with Crippen molar-refractivity contribution in [1.82, 2.24) is 15.1 Å². The molecule has 151 valence electrons. The third kappa shape index (κ3) is 3.81. The van der Waals surface area contributed by atoms with Gasteiger partial charge in [-0.3, -0.25) is 0 Å². The monoisotopic (exact) mass is 419 g/mol. The van der Waals surface area contributed by atoms with E-state index in [9.17, 15) is 8.42 Å². The summed E-state index contributed by atoms with van der Waals surface area (Å²) in [6.07, 6.45) is 4.37. The summed E-state index contributed by atoms with van der Waals surface area (Å²) in [5.41, 5.74) is 9.61. The first-order valence-electron chi connectivity index (χ1n) is 9.26. The maximum atomic E-state index is 12.3. The predicted octanol–water partition coefficient (Wildman–Crippen LogP) is 4.03. The molecule has 7 nitrogen and oxygen atoms in total. The SMILES string of the molecule is CC(C)S(=O)(=O)c1ccc(-c2cn[c]c(-c3cc(-c4ccc(N)cc4)no3)n2)cc1. The minimum Gasteiger partial charge on any atom is -0.399 e. The number of aromatic nitrogens is 3. The van der Waals surface area contributed by atoms with Crippen molar-refractivity contribution in [1.29, 1.82) is 0 Å². The van der Waals surface area contributed by atoms with E-state index in [1.807, 2.05) is 12.1 Å². The van der Waals surface area contributed by atoms with Gasteiger partial charge in [-0.05, 0) is 38.1 Å². The van der Waals surface area contributed by atoms with Gasteiger partial charge in [-0.15, -0.1) is 0 Å². The van der Waals surface area contributed by atoms with Crippen molar-refractivity contribution in [3.63, 3.8) is 0 Å². The summed E-state index contributed by atoms with van der Waals surface area (Å²) >= 11 is 0. The lowest BCUT2D eigenvalue weighted by Crippen LogP contribution is -2.13. The van der Waals surface area contributed by atoms with Crippen LogP contribution in [0.1, 0.15) is 13.8 Å². The molecule has 0 bridgehead atoms. The Kier molecular flexibility index (Phi) is 5.09. The molecule has 4 aromatic rings. The van der Waals surface area contributed by atoms with Crippen LogP contribution in [0.3, 0.4) is 0 Å². The molecule has 0 saturated heterocycles. The third-order valence-electron chi connectivity index (χ3n) is 4.64. The van der Waals surface area contributed by atoms with Gasteiger partial charge in [-0.25, -0.2) is 18.4 Å². The molecule has 0 fully saturated rings. The van der Waals surface area contributed by atoms with E-state index in [1.165, 1.54) is 0 Å². The number of nitrogen functional groups attached to an aromatic ring is 1. The second-order valence-corrected chi connectivity index (χ2v) is 9.54. The van der Waals surface area contributed by atoms with E-state index in [0.717, 1.165) is 11.1 Å². The highest BCUT2D eigenvalue weighted by atomic mass is 32.2. The molecule has 0 aliphatic carbocycles. The van der Waals surface area contributed by atoms with Crippen LogP contribution in [0.25, 0.3) is 34.0 Å². The van der Waals surface area contributed by atoms with Gasteiger partial charge in [-0.1, -0.05) is 29.4 Å². The van der Waals surface area contributed by atoms with Gasteiger partial charge in [0.05, 0.1) is 22.0 Å². The lowest BCUT2D eigenvalue weighted by atomic mass is 10.1. The molecule has 2 heterocycles. The number of rotatable bonds is 5. The van der Waals surface area contributed by atoms with Crippen LogP contribution in [-0.4, -0.2) is 28.8 Å². The second kappa shape index (κ2) is 7.72. The molecule has 0 unspecified atom stereocenters. The molecule has 2 aromatic carbocycles. The summed E-state index contributed by atoms with van der Waals surface area (Å²) in [5, 5.41) is 3.60. The van der Waals surface area contributed by atoms with E-state index in [1.54, 1.807) is 62.5 Å². The van der Waals surface area contributed by atoms with Gasteiger partial charge in [-0.2, -0.15) is 0 Å². The Hall–Kier alpha value is -3.52. The molecular weight excluding hydrogens is 400 g/mol. The molecule has 0 aliphatic heterocycles. The zero-order valence-electron chi connectivity index (χ0n) is 16.4. The van der Waals surface area contributed by atoms with Crippen LogP contribution in [0.5, 0.6) is 0 Å². The van der Waals surface area contributed by atoms with Crippen LogP contribution in [0, 0.1) is 6.20 Å². The minimum absolute atomic E-state index is 0.278. The van der Waals surface area contributed by atoms with E-state index < -0.39 is 15.1 Å². The Bertz CT molecular complexity index is 1280. The van der Waals surface area contributed by atoms with Gasteiger partial charge in [0, 0.05) is 22.9 Å². The highest BCUT2D eigenvalue weighted by Crippen LogP contribution is 2.27. The van der Waals surface area contributed by atoms with Crippen LogP contribution >= 0.6 is 0 Å². The van der Waals surface area contributed by atoms with Crippen molar-refractivity contribution in [3.8, 4) is 34.0 Å². The van der Waals surface area contributed by atoms with Gasteiger partial charge < -0.3 is 10.3 Å². The Balaban J connectivity index is 1.63. The summed E-state index contributed by atoms with van der Waals surface area (Å²) in [5.74, 6) is 0.426. The van der Waals surface area contributed by atoms with Crippen molar-refractivity contribution in [2.24, 2.45) is 0 Å². The molecule has 2 N–H and O–H groups in total. The van der Waals surface area contributed by atoms with Crippen LogP contribution in [0.4, 0.5) is 5.69 Å². The summed E-state index contributed by atoms with van der Waals surface area (Å²) in [4.78, 5) is 8.94. The third-order valence-corrected chi connectivity index (χ3v) is 6.81. The molecule has 0 aliphatic rings. The normalized spacial score (nSPS) is 11.7. The van der Waals surface area contributed by atoms with Crippen molar-refractivity contribution in [3.05, 3.63) is 67.0 Å². The van der Waals surface area contributed by atoms with Gasteiger partial charge in [0.1, 0.15) is 17.6 Å². The van der Waals surface area contributed by atoms with Crippen molar-refractivity contribution >= 4 is 15.5 Å². The predicted molar refractivity (Wildman–Crippen MR) is 114 cm³/mol. The summed E-state index contributed by atoms with van der Waals surface area (Å²) < 4.78 is 30.0. The lowest BCUT2D eigenvalue weighted by molar-refractivity contribution is 0.433. The zero-order valence-corrected chi connectivity index (χ0v) is 17.2. The lowest BCUT2D eigenvalue weighted by Gasteiger charge is -2.08. The maximum absolute atomic E-state index is 12.3. The molecule has 1 radical (unpaired) electrons. The summed E-state index contributed by atoms with van der Waals surface area (Å²) in [6, 6.07) is 15.6. The fourth-order valence-electron chi connectivity index (χ4n) is 2.84. The molecule has 0 saturated carbocycles. The first-order valence-corrected chi connectivity index (χ1v) is 10.8. The average Bonchev–Trinajstić information content (AvgIpc) is 3.25. The summed E-state index contributed by atoms with van der Waals surface area (Å²) in [7, 11) is -3.33. The first-order chi connectivity index (χ1) is 14.3. The molecule has 0 atom stereocenters. The fourth-order valence-corrected chi connectivity index (χ4v) is 3.90. The van der Waals surface area contributed by atoms with Crippen LogP contribution in [0.2, 0.25) is 0 Å². The Labute approximate surface area is 174 Å². The largest absolute Gasteiger partial charge is 0.399 e. The highest BCUT2D eigenvalue weighted by Gasteiger charge is 2.19. The van der Waals surface area contributed by atoms with Gasteiger partial charge in [0.2, 0.25) is 0 Å². The number of anilines is 1. The Morgan fingerprint density at radius 2 is 1.60 bits per heavy atom. The summed E-state index contributed by atoms with van der Waals surface area (Å²) in [6.45, 7) is 3.31. The van der Waals surface area contributed by atoms with Crippen molar-refractivity contribution in [2.75, 3.05) is 5.73 Å². The van der Waals surface area contributed by atoms with Gasteiger partial charge >= 0.3 is 0 Å².